The van der Waals surface area contributed by atoms with Gasteiger partial charge in [-0.25, -0.2) is 4.39 Å². The maximum atomic E-state index is 13.5. The molecule has 1 nitrogen and oxygen atoms in total. The van der Waals surface area contributed by atoms with Crippen LogP contribution in [-0.4, -0.2) is 11.7 Å². The zero-order chi connectivity index (χ0) is 13.5. The second-order valence-electron chi connectivity index (χ2n) is 3.81. The molecule has 1 aromatic carbocycles. The van der Waals surface area contributed by atoms with Gasteiger partial charge in [0.15, 0.2) is 0 Å². The van der Waals surface area contributed by atoms with Crippen LogP contribution in [0.2, 0.25) is 0 Å². The lowest BCUT2D eigenvalue weighted by Gasteiger charge is -2.02. The van der Waals surface area contributed by atoms with Gasteiger partial charge in [-0.15, -0.1) is 23.1 Å². The molecular formula is C15H13FOS2. The molecule has 0 bridgehead atoms. The van der Waals surface area contributed by atoms with E-state index < -0.39 is 0 Å². The molecule has 0 unspecified atom stereocenters. The predicted molar refractivity (Wildman–Crippen MR) is 78.9 cm³/mol. The van der Waals surface area contributed by atoms with Crippen molar-refractivity contribution in [2.45, 2.75) is 16.4 Å². The monoisotopic (exact) mass is 292 g/mol. The highest BCUT2D eigenvalue weighted by Crippen LogP contribution is 2.27. The molecule has 0 aliphatic rings. The fraction of sp³-hybridized carbons (Fsp3) is 0.200. The topological polar surface area (TPSA) is 20.2 Å². The van der Waals surface area contributed by atoms with Crippen molar-refractivity contribution in [3.05, 3.63) is 52.7 Å². The van der Waals surface area contributed by atoms with Gasteiger partial charge in [-0.2, -0.15) is 0 Å². The summed E-state index contributed by atoms with van der Waals surface area (Å²) in [7, 11) is 0. The average Bonchev–Trinajstić information content (AvgIpc) is 2.93. The molecule has 4 heteroatoms. The van der Waals surface area contributed by atoms with Crippen LogP contribution in [0.25, 0.3) is 0 Å². The van der Waals surface area contributed by atoms with Crippen LogP contribution in [0.1, 0.15) is 17.5 Å². The molecule has 0 amide bonds. The van der Waals surface area contributed by atoms with Crippen molar-refractivity contribution in [1.29, 1.82) is 0 Å². The van der Waals surface area contributed by atoms with Crippen LogP contribution >= 0.6 is 23.1 Å². The molecule has 0 spiro atoms. The smallest absolute Gasteiger partial charge is 0.138 e. The van der Waals surface area contributed by atoms with E-state index in [9.17, 15) is 4.39 Å². The first-order valence-corrected chi connectivity index (χ1v) is 7.70. The standard InChI is InChI=1S/C15H13FOS2/c16-14-7-6-12(10-13(14)4-1-2-8-17)11-19-15-5-3-9-18-15/h3,5-7,9-10,17H,2,8,11H2. The Balaban J connectivity index is 2.06. The van der Waals surface area contributed by atoms with E-state index >= 15 is 0 Å². The van der Waals surface area contributed by atoms with Gasteiger partial charge in [0.05, 0.1) is 16.4 Å². The summed E-state index contributed by atoms with van der Waals surface area (Å²) in [4.78, 5) is 0. The summed E-state index contributed by atoms with van der Waals surface area (Å²) in [5.74, 6) is 5.99. The minimum absolute atomic E-state index is 0.00252. The van der Waals surface area contributed by atoms with Crippen molar-refractivity contribution >= 4 is 23.1 Å². The van der Waals surface area contributed by atoms with Crippen molar-refractivity contribution in [2.75, 3.05) is 6.61 Å². The maximum absolute atomic E-state index is 13.5. The Kier molecular flexibility index (Phi) is 5.46. The highest BCUT2D eigenvalue weighted by molar-refractivity contribution is 8.00. The number of halogens is 1. The molecule has 1 aromatic heterocycles. The third-order valence-electron chi connectivity index (χ3n) is 2.37. The SMILES string of the molecule is OCCC#Cc1cc(CSc2cccs2)ccc1F. The summed E-state index contributed by atoms with van der Waals surface area (Å²) in [5, 5.41) is 10.7. The van der Waals surface area contributed by atoms with Crippen LogP contribution < -0.4 is 0 Å². The molecule has 0 aliphatic carbocycles. The van der Waals surface area contributed by atoms with E-state index in [1.807, 2.05) is 11.4 Å². The number of hydrogen-bond acceptors (Lipinski definition) is 3. The van der Waals surface area contributed by atoms with E-state index in [1.165, 1.54) is 10.3 Å². The fourth-order valence-corrected chi connectivity index (χ4v) is 3.20. The molecule has 0 fully saturated rings. The lowest BCUT2D eigenvalue weighted by molar-refractivity contribution is 0.305. The summed E-state index contributed by atoms with van der Waals surface area (Å²) in [6.45, 7) is 0.00252. The van der Waals surface area contributed by atoms with Crippen LogP contribution in [0.4, 0.5) is 4.39 Å². The lowest BCUT2D eigenvalue weighted by Crippen LogP contribution is -1.88. The third-order valence-corrected chi connectivity index (χ3v) is 4.57. The molecule has 0 radical (unpaired) electrons. The van der Waals surface area contributed by atoms with Crippen molar-refractivity contribution in [1.82, 2.24) is 0 Å². The van der Waals surface area contributed by atoms with Crippen LogP contribution in [0, 0.1) is 17.7 Å². The number of aliphatic hydroxyl groups excluding tert-OH is 1. The van der Waals surface area contributed by atoms with Crippen molar-refractivity contribution in [3.8, 4) is 11.8 Å². The van der Waals surface area contributed by atoms with Gasteiger partial charge in [0.2, 0.25) is 0 Å². The predicted octanol–water partition coefficient (Wildman–Crippen LogP) is 3.91. The Labute approximate surface area is 120 Å². The molecular weight excluding hydrogens is 279 g/mol. The second-order valence-corrected chi connectivity index (χ2v) is 6.03. The zero-order valence-corrected chi connectivity index (χ0v) is 11.9. The first-order valence-electron chi connectivity index (χ1n) is 5.84. The minimum atomic E-state index is -0.310. The lowest BCUT2D eigenvalue weighted by atomic mass is 10.1. The minimum Gasteiger partial charge on any atom is -0.395 e. The molecule has 98 valence electrons. The van der Waals surface area contributed by atoms with E-state index in [4.69, 9.17) is 5.11 Å². The van der Waals surface area contributed by atoms with Gasteiger partial charge in [-0.3, -0.25) is 0 Å². The average molecular weight is 292 g/mol. The number of aliphatic hydroxyl groups is 1. The number of thiophene rings is 1. The van der Waals surface area contributed by atoms with Crippen LogP contribution in [0.15, 0.2) is 39.9 Å². The highest BCUT2D eigenvalue weighted by Gasteiger charge is 2.02. The molecule has 1 heterocycles. The van der Waals surface area contributed by atoms with Crippen molar-refractivity contribution in [3.63, 3.8) is 0 Å². The normalized spacial score (nSPS) is 10.0. The Bertz CT molecular complexity index is 582. The molecule has 2 rings (SSSR count). The summed E-state index contributed by atoms with van der Waals surface area (Å²) in [6.07, 6.45) is 0.369. The van der Waals surface area contributed by atoms with Gasteiger partial charge < -0.3 is 5.11 Å². The van der Waals surface area contributed by atoms with Crippen molar-refractivity contribution < 1.29 is 9.50 Å². The summed E-state index contributed by atoms with van der Waals surface area (Å²) >= 11 is 3.43. The van der Waals surface area contributed by atoms with Crippen LogP contribution in [0.3, 0.4) is 0 Å². The second kappa shape index (κ2) is 7.34. The molecule has 0 aliphatic heterocycles. The Morgan fingerprint density at radius 2 is 2.21 bits per heavy atom. The number of rotatable bonds is 4. The van der Waals surface area contributed by atoms with E-state index in [-0.39, 0.29) is 12.4 Å². The number of hydrogen-bond donors (Lipinski definition) is 1. The van der Waals surface area contributed by atoms with Gasteiger partial charge >= 0.3 is 0 Å². The number of thioether (sulfide) groups is 1. The molecule has 2 aromatic rings. The van der Waals surface area contributed by atoms with E-state index in [0.717, 1.165) is 11.3 Å². The van der Waals surface area contributed by atoms with Gasteiger partial charge in [-0.1, -0.05) is 24.0 Å². The van der Waals surface area contributed by atoms with Gasteiger partial charge in [0.1, 0.15) is 5.82 Å². The van der Waals surface area contributed by atoms with Crippen LogP contribution in [0.5, 0.6) is 0 Å². The number of benzene rings is 1. The third kappa shape index (κ3) is 4.39. The van der Waals surface area contributed by atoms with Crippen molar-refractivity contribution in [2.24, 2.45) is 0 Å². The summed E-state index contributed by atoms with van der Waals surface area (Å²) < 4.78 is 14.8. The molecule has 0 saturated heterocycles. The van der Waals surface area contributed by atoms with Crippen LogP contribution in [-0.2, 0) is 5.75 Å². The van der Waals surface area contributed by atoms with E-state index in [2.05, 4.69) is 17.9 Å². The van der Waals surface area contributed by atoms with E-state index in [1.54, 1.807) is 35.2 Å². The zero-order valence-electron chi connectivity index (χ0n) is 10.2. The molecule has 0 atom stereocenters. The van der Waals surface area contributed by atoms with Gasteiger partial charge in [0.25, 0.3) is 0 Å². The Morgan fingerprint density at radius 1 is 1.32 bits per heavy atom. The summed E-state index contributed by atoms with van der Waals surface area (Å²) in [6, 6.07) is 9.10. The molecule has 0 saturated carbocycles. The Hall–Kier alpha value is -1.28. The van der Waals surface area contributed by atoms with Gasteiger partial charge in [-0.05, 0) is 29.1 Å². The van der Waals surface area contributed by atoms with Gasteiger partial charge in [0, 0.05) is 12.2 Å². The fourth-order valence-electron chi connectivity index (χ4n) is 1.47. The Morgan fingerprint density at radius 3 is 2.95 bits per heavy atom. The molecule has 1 N–H and O–H groups in total. The largest absolute Gasteiger partial charge is 0.395 e. The summed E-state index contributed by atoms with van der Waals surface area (Å²) in [5.41, 5.74) is 1.45. The molecule has 19 heavy (non-hydrogen) atoms. The maximum Gasteiger partial charge on any atom is 0.138 e. The van der Waals surface area contributed by atoms with E-state index in [0.29, 0.717) is 12.0 Å². The first-order chi connectivity index (χ1) is 9.29. The first kappa shape index (κ1) is 14.1. The highest BCUT2D eigenvalue weighted by atomic mass is 32.2. The quantitative estimate of drug-likeness (QED) is 0.681.